The average Bonchev–Trinajstić information content (AvgIpc) is 3.18. The fraction of sp³-hybridized carbons (Fsp3) is 0.190. The molecule has 30 heavy (non-hydrogen) atoms. The fourth-order valence-corrected chi connectivity index (χ4v) is 3.48. The van der Waals surface area contributed by atoms with Crippen LogP contribution in [0.5, 0.6) is 0 Å². The quantitative estimate of drug-likeness (QED) is 0.425. The molecule has 0 saturated heterocycles. The van der Waals surface area contributed by atoms with E-state index < -0.39 is 15.8 Å². The molecule has 1 aromatic heterocycles. The van der Waals surface area contributed by atoms with Crippen LogP contribution in [-0.2, 0) is 19.4 Å². The lowest BCUT2D eigenvalue weighted by Crippen LogP contribution is -2.13. The van der Waals surface area contributed by atoms with Gasteiger partial charge in [0.25, 0.3) is 0 Å². The summed E-state index contributed by atoms with van der Waals surface area (Å²) in [7, 11) is -1.68. The molecule has 0 bridgehead atoms. The van der Waals surface area contributed by atoms with Gasteiger partial charge in [0.1, 0.15) is 0 Å². The molecule has 0 radical (unpaired) electrons. The highest BCUT2D eigenvalue weighted by molar-refractivity contribution is 7.90. The van der Waals surface area contributed by atoms with Crippen molar-refractivity contribution in [2.75, 3.05) is 24.8 Å². The lowest BCUT2D eigenvalue weighted by molar-refractivity contribution is -0.107. The van der Waals surface area contributed by atoms with Gasteiger partial charge in [-0.15, -0.1) is 0 Å². The van der Waals surface area contributed by atoms with Crippen LogP contribution in [0.1, 0.15) is 17.4 Å². The van der Waals surface area contributed by atoms with Crippen molar-refractivity contribution in [1.29, 1.82) is 0 Å². The molecular weight excluding hydrogens is 406 g/mol. The van der Waals surface area contributed by atoms with Crippen molar-refractivity contribution in [3.8, 4) is 16.9 Å². The maximum atomic E-state index is 12.2. The van der Waals surface area contributed by atoms with Crippen LogP contribution in [0.15, 0.2) is 59.5 Å². The Morgan fingerprint density at radius 2 is 1.77 bits per heavy atom. The van der Waals surface area contributed by atoms with Gasteiger partial charge in [-0.3, -0.25) is 4.79 Å². The molecule has 3 rings (SSSR count). The van der Waals surface area contributed by atoms with Crippen molar-refractivity contribution in [3.05, 3.63) is 60.3 Å². The minimum Gasteiger partial charge on any atom is -0.461 e. The zero-order chi connectivity index (χ0) is 21.9. The number of ether oxygens (including phenoxy) is 1. The first-order chi connectivity index (χ1) is 14.2. The van der Waals surface area contributed by atoms with E-state index in [1.54, 1.807) is 61.1 Å². The van der Waals surface area contributed by atoms with Gasteiger partial charge in [-0.25, -0.2) is 17.9 Å². The number of nitrogens with zero attached hydrogens (tertiary/aromatic N) is 3. The molecule has 0 aliphatic rings. The first-order valence-electron chi connectivity index (χ1n) is 9.11. The molecule has 3 aromatic rings. The molecule has 9 heteroatoms. The van der Waals surface area contributed by atoms with Crippen LogP contribution in [0.4, 0.5) is 5.69 Å². The Morgan fingerprint density at radius 1 is 1.13 bits per heavy atom. The van der Waals surface area contributed by atoms with Gasteiger partial charge in [-0.1, -0.05) is 12.1 Å². The number of carbonyl (C=O) groups excluding carboxylic acids is 2. The van der Waals surface area contributed by atoms with Crippen LogP contribution in [0.2, 0.25) is 0 Å². The number of hydrogen-bond acceptors (Lipinski definition) is 6. The third-order valence-electron chi connectivity index (χ3n) is 4.43. The molecular formula is C21H21N3O5S. The smallest absolute Gasteiger partial charge is 0.358 e. The van der Waals surface area contributed by atoms with Crippen molar-refractivity contribution in [2.45, 2.75) is 11.8 Å². The van der Waals surface area contributed by atoms with E-state index in [0.29, 0.717) is 29.0 Å². The molecule has 0 aliphatic heterocycles. The van der Waals surface area contributed by atoms with Crippen LogP contribution >= 0.6 is 0 Å². The Labute approximate surface area is 174 Å². The van der Waals surface area contributed by atoms with Crippen molar-refractivity contribution in [3.63, 3.8) is 0 Å². The molecule has 0 spiro atoms. The minimum atomic E-state index is -3.32. The summed E-state index contributed by atoms with van der Waals surface area (Å²) in [5, 5.41) is 4.38. The zero-order valence-electron chi connectivity index (χ0n) is 16.8. The Hall–Kier alpha value is -3.46. The van der Waals surface area contributed by atoms with Gasteiger partial charge in [0.05, 0.1) is 22.9 Å². The van der Waals surface area contributed by atoms with Gasteiger partial charge in [-0.05, 0) is 49.4 Å². The number of sulfone groups is 1. The van der Waals surface area contributed by atoms with Crippen LogP contribution in [0, 0.1) is 0 Å². The van der Waals surface area contributed by atoms with E-state index in [2.05, 4.69) is 5.10 Å². The Morgan fingerprint density at radius 3 is 2.30 bits per heavy atom. The van der Waals surface area contributed by atoms with E-state index in [1.165, 1.54) is 17.0 Å². The Balaban J connectivity index is 2.09. The molecule has 8 nitrogen and oxygen atoms in total. The van der Waals surface area contributed by atoms with E-state index in [9.17, 15) is 18.0 Å². The lowest BCUT2D eigenvalue weighted by Gasteiger charge is -2.12. The van der Waals surface area contributed by atoms with Crippen LogP contribution in [-0.4, -0.2) is 50.5 Å². The first kappa shape index (κ1) is 21.3. The second-order valence-corrected chi connectivity index (χ2v) is 8.59. The lowest BCUT2D eigenvalue weighted by atomic mass is 10.1. The van der Waals surface area contributed by atoms with Gasteiger partial charge in [0.15, 0.2) is 15.5 Å². The van der Waals surface area contributed by atoms with E-state index in [4.69, 9.17) is 4.74 Å². The van der Waals surface area contributed by atoms with Crippen molar-refractivity contribution >= 4 is 27.9 Å². The highest BCUT2D eigenvalue weighted by atomic mass is 32.2. The van der Waals surface area contributed by atoms with Gasteiger partial charge in [-0.2, -0.15) is 5.10 Å². The van der Waals surface area contributed by atoms with Gasteiger partial charge < -0.3 is 9.64 Å². The predicted octanol–water partition coefficient (Wildman–Crippen LogP) is 2.71. The number of amides is 1. The van der Waals surface area contributed by atoms with Crippen molar-refractivity contribution in [2.24, 2.45) is 0 Å². The van der Waals surface area contributed by atoms with Gasteiger partial charge >= 0.3 is 5.97 Å². The van der Waals surface area contributed by atoms with Gasteiger partial charge in [0.2, 0.25) is 6.41 Å². The zero-order valence-corrected chi connectivity index (χ0v) is 17.6. The number of esters is 1. The van der Waals surface area contributed by atoms with E-state index in [1.807, 2.05) is 0 Å². The highest BCUT2D eigenvalue weighted by Crippen LogP contribution is 2.27. The van der Waals surface area contributed by atoms with Crippen molar-refractivity contribution in [1.82, 2.24) is 9.78 Å². The molecule has 0 unspecified atom stereocenters. The van der Waals surface area contributed by atoms with Gasteiger partial charge in [0, 0.05) is 24.6 Å². The summed E-state index contributed by atoms with van der Waals surface area (Å²) >= 11 is 0. The molecule has 0 saturated carbocycles. The van der Waals surface area contributed by atoms with Crippen LogP contribution in [0.25, 0.3) is 16.9 Å². The average molecular weight is 427 g/mol. The largest absolute Gasteiger partial charge is 0.461 e. The third kappa shape index (κ3) is 4.41. The summed E-state index contributed by atoms with van der Waals surface area (Å²) < 4.78 is 30.1. The standard InChI is InChI=1S/C21H21N3O5S/c1-4-29-21(26)19-13-20(15-5-11-18(12-6-15)30(3,27)28)24(22-19)17-9-7-16(8-10-17)23(2)14-25/h5-14H,4H2,1-3H3. The highest BCUT2D eigenvalue weighted by Gasteiger charge is 2.18. The SMILES string of the molecule is CCOC(=O)c1cc(-c2ccc(S(C)(=O)=O)cc2)n(-c2ccc(N(C)C=O)cc2)n1. The summed E-state index contributed by atoms with van der Waals surface area (Å²) in [6.45, 7) is 1.93. The number of rotatable bonds is 7. The van der Waals surface area contributed by atoms with E-state index in [-0.39, 0.29) is 17.2 Å². The number of carbonyl (C=O) groups is 2. The number of hydrogen-bond donors (Lipinski definition) is 0. The maximum Gasteiger partial charge on any atom is 0.358 e. The Bertz CT molecular complexity index is 1170. The fourth-order valence-electron chi connectivity index (χ4n) is 2.85. The van der Waals surface area contributed by atoms with Crippen LogP contribution < -0.4 is 4.90 Å². The third-order valence-corrected chi connectivity index (χ3v) is 5.56. The number of aromatic nitrogens is 2. The minimum absolute atomic E-state index is 0.133. The summed E-state index contributed by atoms with van der Waals surface area (Å²) in [6, 6.07) is 15.0. The normalized spacial score (nSPS) is 11.2. The molecule has 0 fully saturated rings. The van der Waals surface area contributed by atoms with Crippen LogP contribution in [0.3, 0.4) is 0 Å². The molecule has 2 aromatic carbocycles. The number of benzene rings is 2. The second-order valence-electron chi connectivity index (χ2n) is 6.58. The molecule has 1 amide bonds. The van der Waals surface area contributed by atoms with Crippen molar-refractivity contribution < 1.29 is 22.7 Å². The molecule has 0 N–H and O–H groups in total. The number of anilines is 1. The topological polar surface area (TPSA) is 98.6 Å². The second kappa shape index (κ2) is 8.50. The van der Waals surface area contributed by atoms with E-state index >= 15 is 0 Å². The molecule has 156 valence electrons. The molecule has 0 atom stereocenters. The summed E-state index contributed by atoms with van der Waals surface area (Å²) in [5.41, 5.74) is 2.77. The Kier molecular flexibility index (Phi) is 6.02. The molecule has 1 heterocycles. The summed E-state index contributed by atoms with van der Waals surface area (Å²) in [6.07, 6.45) is 1.85. The molecule has 0 aliphatic carbocycles. The monoisotopic (exact) mass is 427 g/mol. The summed E-state index contributed by atoms with van der Waals surface area (Å²) in [5.74, 6) is -0.553. The summed E-state index contributed by atoms with van der Waals surface area (Å²) in [4.78, 5) is 24.8. The first-order valence-corrected chi connectivity index (χ1v) is 11.0. The predicted molar refractivity (Wildman–Crippen MR) is 113 cm³/mol. The van der Waals surface area contributed by atoms with E-state index in [0.717, 1.165) is 6.26 Å². The maximum absolute atomic E-state index is 12.2.